The summed E-state index contributed by atoms with van der Waals surface area (Å²) >= 11 is 0. The highest BCUT2D eigenvalue weighted by Crippen LogP contribution is 2.22. The van der Waals surface area contributed by atoms with Gasteiger partial charge in [0, 0.05) is 18.7 Å². The number of hydrogen-bond donors (Lipinski definition) is 2. The molecule has 3 heterocycles. The second-order valence-electron chi connectivity index (χ2n) is 6.65. The lowest BCUT2D eigenvalue weighted by Gasteiger charge is -2.10. The molecule has 3 aromatic heterocycles. The molecule has 28 heavy (non-hydrogen) atoms. The Labute approximate surface area is 160 Å². The van der Waals surface area contributed by atoms with Crippen LogP contribution in [0.2, 0.25) is 0 Å². The molecule has 6 nitrogen and oxygen atoms in total. The molecule has 0 radical (unpaired) electrons. The normalized spacial score (nSPS) is 11.3. The lowest BCUT2D eigenvalue weighted by molar-refractivity contribution is 0.0941. The number of imidazole rings is 1. The van der Waals surface area contributed by atoms with Gasteiger partial charge in [-0.25, -0.2) is 4.98 Å². The van der Waals surface area contributed by atoms with Crippen LogP contribution in [-0.2, 0) is 13.1 Å². The molecule has 6 heteroatoms. The molecular weight excluding hydrogens is 352 g/mol. The van der Waals surface area contributed by atoms with E-state index in [1.807, 2.05) is 65.2 Å². The molecule has 5 rings (SSSR count). The maximum Gasteiger partial charge on any atom is 0.268 e. The maximum absolute atomic E-state index is 12.9. The third-order valence-electron chi connectivity index (χ3n) is 4.79. The maximum atomic E-state index is 12.9. The number of fused-ring (bicyclic) bond motifs is 2. The largest absolute Gasteiger partial charge is 0.463 e. The van der Waals surface area contributed by atoms with Gasteiger partial charge in [0.15, 0.2) is 5.58 Å². The second-order valence-corrected chi connectivity index (χ2v) is 6.65. The van der Waals surface area contributed by atoms with Crippen molar-refractivity contribution in [3.8, 4) is 0 Å². The van der Waals surface area contributed by atoms with Crippen molar-refractivity contribution in [2.75, 3.05) is 0 Å². The molecule has 2 aromatic carbocycles. The number of hydrogen-bond acceptors (Lipinski definition) is 3. The van der Waals surface area contributed by atoms with Crippen LogP contribution in [0.15, 0.2) is 77.4 Å². The number of nitrogens with one attached hydrogen (secondary N) is 2. The molecule has 5 aromatic rings. The van der Waals surface area contributed by atoms with Gasteiger partial charge in [-0.2, -0.15) is 0 Å². The van der Waals surface area contributed by atoms with Crippen LogP contribution in [0.1, 0.15) is 21.9 Å². The molecule has 138 valence electrons. The van der Waals surface area contributed by atoms with Gasteiger partial charge in [-0.1, -0.05) is 42.5 Å². The van der Waals surface area contributed by atoms with Gasteiger partial charge in [-0.05, 0) is 17.7 Å². The minimum absolute atomic E-state index is 0.164. The number of benzene rings is 2. The quantitative estimate of drug-likeness (QED) is 0.489. The topological polar surface area (TPSA) is 75.8 Å². The number of furan rings is 1. The van der Waals surface area contributed by atoms with Gasteiger partial charge < -0.3 is 19.3 Å². The highest BCUT2D eigenvalue weighted by atomic mass is 16.3. The van der Waals surface area contributed by atoms with E-state index in [0.29, 0.717) is 24.4 Å². The fourth-order valence-corrected chi connectivity index (χ4v) is 3.45. The Hall–Kier alpha value is -3.80. The Balaban J connectivity index is 1.41. The van der Waals surface area contributed by atoms with Crippen LogP contribution in [0.4, 0.5) is 0 Å². The van der Waals surface area contributed by atoms with Gasteiger partial charge in [0.25, 0.3) is 5.91 Å². The molecule has 0 saturated heterocycles. The first kappa shape index (κ1) is 16.4. The summed E-state index contributed by atoms with van der Waals surface area (Å²) in [6.07, 6.45) is 1.64. The molecule has 0 aliphatic carbocycles. The fourth-order valence-electron chi connectivity index (χ4n) is 3.45. The van der Waals surface area contributed by atoms with Gasteiger partial charge in [-0.15, -0.1) is 0 Å². The summed E-state index contributed by atoms with van der Waals surface area (Å²) in [6.45, 7) is 0.919. The molecule has 0 aliphatic heterocycles. The van der Waals surface area contributed by atoms with Crippen molar-refractivity contribution in [1.82, 2.24) is 19.9 Å². The number of aromatic nitrogens is 3. The van der Waals surface area contributed by atoms with Crippen molar-refractivity contribution in [3.63, 3.8) is 0 Å². The monoisotopic (exact) mass is 370 g/mol. The lowest BCUT2D eigenvalue weighted by atomic mass is 10.2. The first-order chi connectivity index (χ1) is 13.8. The SMILES string of the molecule is O=C(NCc1nc2ccccc2[nH]1)c1cc2occc2n1Cc1ccccc1. The van der Waals surface area contributed by atoms with E-state index in [-0.39, 0.29) is 5.91 Å². The van der Waals surface area contributed by atoms with Gasteiger partial charge in [0.05, 0.1) is 29.4 Å². The predicted octanol–water partition coefficient (Wildman–Crippen LogP) is 4.09. The molecule has 0 atom stereocenters. The van der Waals surface area contributed by atoms with Crippen molar-refractivity contribution in [2.24, 2.45) is 0 Å². The number of carbonyl (C=O) groups is 1. The average molecular weight is 370 g/mol. The zero-order chi connectivity index (χ0) is 18.9. The molecule has 0 saturated carbocycles. The molecule has 0 unspecified atom stereocenters. The smallest absolute Gasteiger partial charge is 0.268 e. The Kier molecular flexibility index (Phi) is 3.94. The molecular formula is C22H18N4O2. The zero-order valence-corrected chi connectivity index (χ0v) is 15.1. The van der Waals surface area contributed by atoms with Crippen LogP contribution in [0, 0.1) is 0 Å². The summed E-state index contributed by atoms with van der Waals surface area (Å²) in [7, 11) is 0. The van der Waals surface area contributed by atoms with Gasteiger partial charge in [0.1, 0.15) is 11.5 Å². The van der Waals surface area contributed by atoms with Crippen LogP contribution in [0.5, 0.6) is 0 Å². The number of aromatic amines is 1. The lowest BCUT2D eigenvalue weighted by Crippen LogP contribution is -2.26. The Bertz CT molecular complexity index is 1230. The van der Waals surface area contributed by atoms with E-state index in [0.717, 1.165) is 27.9 Å². The van der Waals surface area contributed by atoms with Crippen LogP contribution in [0.25, 0.3) is 22.1 Å². The van der Waals surface area contributed by atoms with E-state index in [9.17, 15) is 4.79 Å². The number of H-pyrrole nitrogens is 1. The molecule has 0 fully saturated rings. The Morgan fingerprint density at radius 2 is 1.89 bits per heavy atom. The summed E-state index contributed by atoms with van der Waals surface area (Å²) in [5.41, 5.74) is 5.12. The van der Waals surface area contributed by atoms with Gasteiger partial charge in [-0.3, -0.25) is 4.79 Å². The van der Waals surface area contributed by atoms with E-state index in [4.69, 9.17) is 4.42 Å². The Morgan fingerprint density at radius 1 is 1.07 bits per heavy atom. The number of rotatable bonds is 5. The highest BCUT2D eigenvalue weighted by Gasteiger charge is 2.18. The van der Waals surface area contributed by atoms with Gasteiger partial charge in [0.2, 0.25) is 0 Å². The average Bonchev–Trinajstić information content (AvgIpc) is 3.42. The fraction of sp³-hybridized carbons (Fsp3) is 0.0909. The summed E-state index contributed by atoms with van der Waals surface area (Å²) in [4.78, 5) is 20.6. The summed E-state index contributed by atoms with van der Waals surface area (Å²) in [5.74, 6) is 0.558. The number of amides is 1. The summed E-state index contributed by atoms with van der Waals surface area (Å²) in [5, 5.41) is 2.96. The van der Waals surface area contributed by atoms with Crippen molar-refractivity contribution in [2.45, 2.75) is 13.1 Å². The van der Waals surface area contributed by atoms with E-state index in [2.05, 4.69) is 15.3 Å². The van der Waals surface area contributed by atoms with Crippen LogP contribution in [-0.4, -0.2) is 20.4 Å². The van der Waals surface area contributed by atoms with Crippen LogP contribution >= 0.6 is 0 Å². The number of nitrogens with zero attached hydrogens (tertiary/aromatic N) is 2. The number of carbonyl (C=O) groups excluding carboxylic acids is 1. The van der Waals surface area contributed by atoms with Crippen molar-refractivity contribution >= 4 is 28.0 Å². The highest BCUT2D eigenvalue weighted by molar-refractivity contribution is 5.97. The standard InChI is InChI=1S/C22H18N4O2/c27-22(23-13-21-24-16-8-4-5-9-17(16)25-21)19-12-20-18(10-11-28-20)26(19)14-15-6-2-1-3-7-15/h1-12H,13-14H2,(H,23,27)(H,24,25). The first-order valence-electron chi connectivity index (χ1n) is 9.10. The molecule has 2 N–H and O–H groups in total. The van der Waals surface area contributed by atoms with E-state index in [1.165, 1.54) is 0 Å². The number of para-hydroxylation sites is 2. The summed E-state index contributed by atoms with van der Waals surface area (Å²) in [6, 6.07) is 21.5. The van der Waals surface area contributed by atoms with E-state index < -0.39 is 0 Å². The minimum Gasteiger partial charge on any atom is -0.463 e. The van der Waals surface area contributed by atoms with E-state index >= 15 is 0 Å². The van der Waals surface area contributed by atoms with Gasteiger partial charge >= 0.3 is 0 Å². The van der Waals surface area contributed by atoms with Crippen LogP contribution in [0.3, 0.4) is 0 Å². The predicted molar refractivity (Wildman–Crippen MR) is 107 cm³/mol. The van der Waals surface area contributed by atoms with Crippen molar-refractivity contribution < 1.29 is 9.21 Å². The summed E-state index contributed by atoms with van der Waals surface area (Å²) < 4.78 is 7.48. The molecule has 1 amide bonds. The zero-order valence-electron chi connectivity index (χ0n) is 15.1. The minimum atomic E-state index is -0.164. The third kappa shape index (κ3) is 2.95. The van der Waals surface area contributed by atoms with Crippen molar-refractivity contribution in [1.29, 1.82) is 0 Å². The first-order valence-corrected chi connectivity index (χ1v) is 9.10. The molecule has 0 bridgehead atoms. The van der Waals surface area contributed by atoms with Crippen LogP contribution < -0.4 is 5.32 Å². The third-order valence-corrected chi connectivity index (χ3v) is 4.79. The van der Waals surface area contributed by atoms with E-state index in [1.54, 1.807) is 12.3 Å². The molecule has 0 spiro atoms. The van der Waals surface area contributed by atoms with Crippen molar-refractivity contribution in [3.05, 3.63) is 90.1 Å². The Morgan fingerprint density at radius 3 is 2.75 bits per heavy atom. The molecule has 0 aliphatic rings. The second kappa shape index (κ2) is 6.74.